The highest BCUT2D eigenvalue weighted by atomic mass is 35.5. The Morgan fingerprint density at radius 1 is 1.14 bits per heavy atom. The van der Waals surface area contributed by atoms with E-state index in [1.165, 1.54) is 32.4 Å². The Kier molecular flexibility index (Phi) is 5.17. The van der Waals surface area contributed by atoms with Crippen LogP contribution in [0.2, 0.25) is 0 Å². The molecule has 0 aromatic carbocycles. The Morgan fingerprint density at radius 2 is 1.86 bits per heavy atom. The average molecular weight is 221 g/mol. The van der Waals surface area contributed by atoms with Crippen LogP contribution in [0.25, 0.3) is 0 Å². The summed E-state index contributed by atoms with van der Waals surface area (Å²) in [6.45, 7) is 4.27. The molecule has 0 saturated carbocycles. The van der Waals surface area contributed by atoms with Crippen molar-refractivity contribution in [3.8, 4) is 0 Å². The summed E-state index contributed by atoms with van der Waals surface area (Å²) in [5.41, 5.74) is 0. The molecule has 2 saturated heterocycles. The van der Waals surface area contributed by atoms with Crippen LogP contribution in [-0.2, 0) is 4.74 Å². The zero-order valence-electron chi connectivity index (χ0n) is 8.87. The van der Waals surface area contributed by atoms with Crippen LogP contribution < -0.4 is 5.32 Å². The van der Waals surface area contributed by atoms with Crippen LogP contribution >= 0.6 is 12.4 Å². The molecule has 2 aliphatic heterocycles. The molecule has 0 aliphatic carbocycles. The summed E-state index contributed by atoms with van der Waals surface area (Å²) in [6, 6.07) is 1.47. The van der Waals surface area contributed by atoms with E-state index in [1.807, 2.05) is 0 Å². The molecule has 14 heavy (non-hydrogen) atoms. The number of nitrogens with one attached hydrogen (secondary N) is 1. The third-order valence-electron chi connectivity index (χ3n) is 3.37. The van der Waals surface area contributed by atoms with E-state index in [9.17, 15) is 0 Å². The van der Waals surface area contributed by atoms with E-state index >= 15 is 0 Å². The molecule has 0 bridgehead atoms. The monoisotopic (exact) mass is 220 g/mol. The third kappa shape index (κ3) is 2.83. The molecule has 1 N–H and O–H groups in total. The fourth-order valence-corrected chi connectivity index (χ4v) is 2.36. The minimum Gasteiger partial charge on any atom is -0.380 e. The van der Waals surface area contributed by atoms with E-state index in [2.05, 4.69) is 17.3 Å². The second-order valence-electron chi connectivity index (χ2n) is 4.16. The van der Waals surface area contributed by atoms with Crippen molar-refractivity contribution in [2.45, 2.75) is 31.3 Å². The number of hydrogen-bond donors (Lipinski definition) is 1. The summed E-state index contributed by atoms with van der Waals surface area (Å²) in [6.07, 6.45) is 3.82. The number of piperidine rings is 1. The summed E-state index contributed by atoms with van der Waals surface area (Å²) in [5.74, 6) is 0. The van der Waals surface area contributed by atoms with Crippen molar-refractivity contribution in [2.24, 2.45) is 0 Å². The summed E-state index contributed by atoms with van der Waals surface area (Å²) in [4.78, 5) is 2.54. The van der Waals surface area contributed by atoms with E-state index in [4.69, 9.17) is 4.74 Å². The lowest BCUT2D eigenvalue weighted by atomic mass is 10.0. The van der Waals surface area contributed by atoms with Crippen LogP contribution in [0.15, 0.2) is 0 Å². The molecule has 2 fully saturated rings. The van der Waals surface area contributed by atoms with Crippen LogP contribution in [0.4, 0.5) is 0 Å². The molecule has 2 aliphatic rings. The lowest BCUT2D eigenvalue weighted by molar-refractivity contribution is 0.116. The summed E-state index contributed by atoms with van der Waals surface area (Å²) >= 11 is 0. The molecule has 84 valence electrons. The van der Waals surface area contributed by atoms with Crippen LogP contribution in [0.5, 0.6) is 0 Å². The van der Waals surface area contributed by atoms with Gasteiger partial charge in [0, 0.05) is 18.7 Å². The number of nitrogens with zero attached hydrogens (tertiary/aromatic N) is 1. The first kappa shape index (κ1) is 12.2. The lowest BCUT2D eigenvalue weighted by Crippen LogP contribution is -2.46. The molecule has 0 aromatic rings. The van der Waals surface area contributed by atoms with Crippen LogP contribution in [0.1, 0.15) is 19.3 Å². The maximum Gasteiger partial charge on any atom is 0.0622 e. The van der Waals surface area contributed by atoms with Crippen molar-refractivity contribution in [1.82, 2.24) is 10.2 Å². The van der Waals surface area contributed by atoms with Gasteiger partial charge in [0.1, 0.15) is 0 Å². The largest absolute Gasteiger partial charge is 0.380 e. The minimum absolute atomic E-state index is 0. The van der Waals surface area contributed by atoms with Crippen molar-refractivity contribution in [3.63, 3.8) is 0 Å². The molecule has 2 rings (SSSR count). The van der Waals surface area contributed by atoms with Gasteiger partial charge in [-0.2, -0.15) is 0 Å². The number of rotatable bonds is 2. The predicted molar refractivity (Wildman–Crippen MR) is 60.1 cm³/mol. The Bertz CT molecular complexity index is 156. The molecular formula is C10H21ClN2O. The van der Waals surface area contributed by atoms with Gasteiger partial charge >= 0.3 is 0 Å². The lowest BCUT2D eigenvalue weighted by Gasteiger charge is -2.35. The quantitative estimate of drug-likeness (QED) is 0.748. The van der Waals surface area contributed by atoms with E-state index < -0.39 is 0 Å². The van der Waals surface area contributed by atoms with Crippen molar-refractivity contribution in [1.29, 1.82) is 0 Å². The molecule has 3 nitrogen and oxygen atoms in total. The van der Waals surface area contributed by atoms with Gasteiger partial charge < -0.3 is 10.1 Å². The van der Waals surface area contributed by atoms with Gasteiger partial charge in [-0.3, -0.25) is 4.90 Å². The van der Waals surface area contributed by atoms with Crippen LogP contribution in [-0.4, -0.2) is 50.3 Å². The molecule has 1 atom stereocenters. The molecule has 0 spiro atoms. The second kappa shape index (κ2) is 5.91. The number of halogens is 1. The normalized spacial score (nSPS) is 29.1. The van der Waals surface area contributed by atoms with Crippen LogP contribution in [0.3, 0.4) is 0 Å². The highest BCUT2D eigenvalue weighted by Gasteiger charge is 2.26. The summed E-state index contributed by atoms with van der Waals surface area (Å²) in [5, 5.41) is 3.40. The Labute approximate surface area is 92.6 Å². The Hall–Kier alpha value is 0.170. The molecule has 0 aromatic heterocycles. The van der Waals surface area contributed by atoms with Gasteiger partial charge in [-0.1, -0.05) is 0 Å². The van der Waals surface area contributed by atoms with E-state index in [-0.39, 0.29) is 12.4 Å². The van der Waals surface area contributed by atoms with Crippen LogP contribution in [0, 0.1) is 0 Å². The van der Waals surface area contributed by atoms with E-state index in [0.29, 0.717) is 6.04 Å². The highest BCUT2D eigenvalue weighted by Crippen LogP contribution is 2.18. The number of hydrogen-bond acceptors (Lipinski definition) is 3. The maximum absolute atomic E-state index is 5.41. The van der Waals surface area contributed by atoms with Gasteiger partial charge in [0.25, 0.3) is 0 Å². The van der Waals surface area contributed by atoms with Gasteiger partial charge in [0.15, 0.2) is 0 Å². The maximum atomic E-state index is 5.41. The molecule has 0 amide bonds. The van der Waals surface area contributed by atoms with Crippen molar-refractivity contribution in [2.75, 3.05) is 33.4 Å². The summed E-state index contributed by atoms with van der Waals surface area (Å²) < 4.78 is 5.41. The topological polar surface area (TPSA) is 24.5 Å². The predicted octanol–water partition coefficient (Wildman–Crippen LogP) is 0.881. The minimum atomic E-state index is 0. The first-order valence-electron chi connectivity index (χ1n) is 5.38. The molecule has 0 unspecified atom stereocenters. The zero-order valence-corrected chi connectivity index (χ0v) is 9.68. The fraction of sp³-hybridized carbons (Fsp3) is 1.00. The molecule has 2 heterocycles. The van der Waals surface area contributed by atoms with E-state index in [1.54, 1.807) is 0 Å². The van der Waals surface area contributed by atoms with E-state index in [0.717, 1.165) is 19.3 Å². The SMILES string of the molecule is CN(C1CCNCC1)[C@H]1CCOC1.Cl. The zero-order chi connectivity index (χ0) is 9.10. The standard InChI is InChI=1S/C10H20N2O.ClH/c1-12(10-4-7-13-8-10)9-2-5-11-6-3-9;/h9-11H,2-8H2,1H3;1H/t10-;/m0./s1. The smallest absolute Gasteiger partial charge is 0.0622 e. The van der Waals surface area contributed by atoms with Gasteiger partial charge in [-0.15, -0.1) is 12.4 Å². The second-order valence-corrected chi connectivity index (χ2v) is 4.16. The average Bonchev–Trinajstić information content (AvgIpc) is 2.71. The molecule has 4 heteroatoms. The van der Waals surface area contributed by atoms with Gasteiger partial charge in [0.05, 0.1) is 6.61 Å². The fourth-order valence-electron chi connectivity index (χ4n) is 2.36. The number of ether oxygens (including phenoxy) is 1. The van der Waals surface area contributed by atoms with Gasteiger partial charge in [-0.05, 0) is 39.4 Å². The first-order valence-corrected chi connectivity index (χ1v) is 5.38. The number of likely N-dealkylation sites (N-methyl/N-ethyl adjacent to an activating group) is 1. The Balaban J connectivity index is 0.000000980. The van der Waals surface area contributed by atoms with Crippen molar-refractivity contribution >= 4 is 12.4 Å². The first-order chi connectivity index (χ1) is 6.38. The van der Waals surface area contributed by atoms with Gasteiger partial charge in [0.2, 0.25) is 0 Å². The molecule has 0 radical (unpaired) electrons. The van der Waals surface area contributed by atoms with Crippen molar-refractivity contribution in [3.05, 3.63) is 0 Å². The van der Waals surface area contributed by atoms with Crippen molar-refractivity contribution < 1.29 is 4.74 Å². The summed E-state index contributed by atoms with van der Waals surface area (Å²) in [7, 11) is 2.26. The molecular weight excluding hydrogens is 200 g/mol. The third-order valence-corrected chi connectivity index (χ3v) is 3.37. The van der Waals surface area contributed by atoms with Gasteiger partial charge in [-0.25, -0.2) is 0 Å². The highest BCUT2D eigenvalue weighted by molar-refractivity contribution is 5.85. The Morgan fingerprint density at radius 3 is 2.43 bits per heavy atom.